The summed E-state index contributed by atoms with van der Waals surface area (Å²) in [5.41, 5.74) is 2.13. The Bertz CT molecular complexity index is 408. The van der Waals surface area contributed by atoms with E-state index < -0.39 is 0 Å². The molecule has 1 aromatic heterocycles. The van der Waals surface area contributed by atoms with Crippen molar-refractivity contribution in [3.63, 3.8) is 0 Å². The van der Waals surface area contributed by atoms with E-state index in [1.807, 2.05) is 37.3 Å². The number of benzene rings is 1. The highest BCUT2D eigenvalue weighted by molar-refractivity contribution is 5.46. The van der Waals surface area contributed by atoms with Gasteiger partial charge in [-0.05, 0) is 37.3 Å². The summed E-state index contributed by atoms with van der Waals surface area (Å²) < 4.78 is 5.37. The van der Waals surface area contributed by atoms with Crippen molar-refractivity contribution in [2.24, 2.45) is 0 Å². The molecule has 1 heterocycles. The Morgan fingerprint density at radius 1 is 1.25 bits per heavy atom. The van der Waals surface area contributed by atoms with Gasteiger partial charge in [0.2, 0.25) is 0 Å². The molecular formula is C12H15N3O. The van der Waals surface area contributed by atoms with E-state index in [9.17, 15) is 0 Å². The standard InChI is InChI=1S/C12H15N3O/c1-2-16-12-5-3-10(4-6-12)13-9-11-7-8-14-15-11/h3-8,13H,2,9H2,1H3,(H,14,15). The van der Waals surface area contributed by atoms with E-state index in [2.05, 4.69) is 15.5 Å². The molecule has 0 aliphatic carbocycles. The zero-order valence-electron chi connectivity index (χ0n) is 9.23. The van der Waals surface area contributed by atoms with Gasteiger partial charge in [0, 0.05) is 11.9 Å². The fraction of sp³-hybridized carbons (Fsp3) is 0.250. The van der Waals surface area contributed by atoms with Crippen LogP contribution in [0.1, 0.15) is 12.6 Å². The number of hydrogen-bond acceptors (Lipinski definition) is 3. The predicted octanol–water partition coefficient (Wildman–Crippen LogP) is 2.42. The van der Waals surface area contributed by atoms with Crippen LogP contribution in [0, 0.1) is 0 Å². The van der Waals surface area contributed by atoms with Crippen LogP contribution in [0.3, 0.4) is 0 Å². The Morgan fingerprint density at radius 3 is 2.69 bits per heavy atom. The molecule has 2 N–H and O–H groups in total. The summed E-state index contributed by atoms with van der Waals surface area (Å²) in [6.45, 7) is 3.42. The second-order valence-electron chi connectivity index (χ2n) is 3.39. The van der Waals surface area contributed by atoms with Crippen LogP contribution in [0.25, 0.3) is 0 Å². The fourth-order valence-electron chi connectivity index (χ4n) is 1.42. The van der Waals surface area contributed by atoms with E-state index >= 15 is 0 Å². The Hall–Kier alpha value is -1.97. The highest BCUT2D eigenvalue weighted by Crippen LogP contribution is 2.15. The zero-order chi connectivity index (χ0) is 11.2. The van der Waals surface area contributed by atoms with Crippen LogP contribution < -0.4 is 10.1 Å². The minimum absolute atomic E-state index is 0.695. The van der Waals surface area contributed by atoms with E-state index in [1.54, 1.807) is 6.20 Å². The number of ether oxygens (including phenoxy) is 1. The molecule has 0 saturated heterocycles. The van der Waals surface area contributed by atoms with Gasteiger partial charge in [-0.2, -0.15) is 5.10 Å². The third-order valence-corrected chi connectivity index (χ3v) is 2.21. The summed E-state index contributed by atoms with van der Waals surface area (Å²) in [4.78, 5) is 0. The van der Waals surface area contributed by atoms with Crippen LogP contribution in [0.5, 0.6) is 5.75 Å². The monoisotopic (exact) mass is 217 g/mol. The third-order valence-electron chi connectivity index (χ3n) is 2.21. The molecule has 0 radical (unpaired) electrons. The molecular weight excluding hydrogens is 202 g/mol. The van der Waals surface area contributed by atoms with Gasteiger partial charge in [0.1, 0.15) is 5.75 Å². The van der Waals surface area contributed by atoms with Gasteiger partial charge in [-0.1, -0.05) is 0 Å². The predicted molar refractivity (Wildman–Crippen MR) is 63.5 cm³/mol. The Morgan fingerprint density at radius 2 is 2.06 bits per heavy atom. The van der Waals surface area contributed by atoms with Crippen molar-refractivity contribution in [3.8, 4) is 5.75 Å². The smallest absolute Gasteiger partial charge is 0.119 e. The van der Waals surface area contributed by atoms with E-state index in [0.29, 0.717) is 6.61 Å². The first kappa shape index (κ1) is 10.5. The van der Waals surface area contributed by atoms with Gasteiger partial charge in [-0.25, -0.2) is 0 Å². The summed E-state index contributed by atoms with van der Waals surface area (Å²) in [6, 6.07) is 9.86. The van der Waals surface area contributed by atoms with Crippen molar-refractivity contribution in [3.05, 3.63) is 42.2 Å². The summed E-state index contributed by atoms with van der Waals surface area (Å²) in [5.74, 6) is 0.898. The van der Waals surface area contributed by atoms with Gasteiger partial charge < -0.3 is 10.1 Å². The molecule has 0 unspecified atom stereocenters. The van der Waals surface area contributed by atoms with Gasteiger partial charge in [-0.3, -0.25) is 5.10 Å². The van der Waals surface area contributed by atoms with Crippen LogP contribution in [0.2, 0.25) is 0 Å². The normalized spacial score (nSPS) is 10.1. The molecule has 16 heavy (non-hydrogen) atoms. The summed E-state index contributed by atoms with van der Waals surface area (Å²) in [5, 5.41) is 10.1. The number of aromatic nitrogens is 2. The average molecular weight is 217 g/mol. The lowest BCUT2D eigenvalue weighted by Gasteiger charge is -2.06. The second-order valence-corrected chi connectivity index (χ2v) is 3.39. The van der Waals surface area contributed by atoms with Crippen molar-refractivity contribution in [2.75, 3.05) is 11.9 Å². The lowest BCUT2D eigenvalue weighted by Crippen LogP contribution is -1.99. The number of H-pyrrole nitrogens is 1. The molecule has 0 amide bonds. The maximum Gasteiger partial charge on any atom is 0.119 e. The first-order chi connectivity index (χ1) is 7.88. The molecule has 0 aliphatic rings. The van der Waals surface area contributed by atoms with Gasteiger partial charge in [0.15, 0.2) is 0 Å². The SMILES string of the molecule is CCOc1ccc(NCc2ccn[nH]2)cc1. The third kappa shape index (κ3) is 2.76. The average Bonchev–Trinajstić information content (AvgIpc) is 2.82. The van der Waals surface area contributed by atoms with Crippen LogP contribution in [-0.4, -0.2) is 16.8 Å². The van der Waals surface area contributed by atoms with Crippen molar-refractivity contribution >= 4 is 5.69 Å². The second kappa shape index (κ2) is 5.21. The quantitative estimate of drug-likeness (QED) is 0.808. The minimum atomic E-state index is 0.695. The summed E-state index contributed by atoms with van der Waals surface area (Å²) in [7, 11) is 0. The van der Waals surface area contributed by atoms with Crippen LogP contribution in [-0.2, 0) is 6.54 Å². The zero-order valence-corrected chi connectivity index (χ0v) is 9.23. The topological polar surface area (TPSA) is 49.9 Å². The molecule has 0 atom stereocenters. The van der Waals surface area contributed by atoms with E-state index in [0.717, 1.165) is 23.7 Å². The first-order valence-corrected chi connectivity index (χ1v) is 5.33. The molecule has 1 aromatic carbocycles. The number of anilines is 1. The fourth-order valence-corrected chi connectivity index (χ4v) is 1.42. The van der Waals surface area contributed by atoms with E-state index in [4.69, 9.17) is 4.74 Å². The lowest BCUT2D eigenvalue weighted by molar-refractivity contribution is 0.340. The number of rotatable bonds is 5. The molecule has 0 bridgehead atoms. The Labute approximate surface area is 94.6 Å². The van der Waals surface area contributed by atoms with Crippen molar-refractivity contribution in [1.82, 2.24) is 10.2 Å². The van der Waals surface area contributed by atoms with Gasteiger partial charge >= 0.3 is 0 Å². The van der Waals surface area contributed by atoms with Crippen LogP contribution in [0.4, 0.5) is 5.69 Å². The molecule has 84 valence electrons. The molecule has 2 rings (SSSR count). The van der Waals surface area contributed by atoms with Crippen LogP contribution in [0.15, 0.2) is 36.5 Å². The van der Waals surface area contributed by atoms with Crippen molar-refractivity contribution in [1.29, 1.82) is 0 Å². The van der Waals surface area contributed by atoms with Gasteiger partial charge in [0.25, 0.3) is 0 Å². The first-order valence-electron chi connectivity index (χ1n) is 5.33. The molecule has 4 heteroatoms. The van der Waals surface area contributed by atoms with Crippen molar-refractivity contribution < 1.29 is 4.74 Å². The van der Waals surface area contributed by atoms with Crippen molar-refractivity contribution in [2.45, 2.75) is 13.5 Å². The maximum absolute atomic E-state index is 5.37. The summed E-state index contributed by atoms with van der Waals surface area (Å²) in [6.07, 6.45) is 1.75. The largest absolute Gasteiger partial charge is 0.494 e. The molecule has 0 aliphatic heterocycles. The van der Waals surface area contributed by atoms with E-state index in [-0.39, 0.29) is 0 Å². The van der Waals surface area contributed by atoms with E-state index in [1.165, 1.54) is 0 Å². The highest BCUT2D eigenvalue weighted by atomic mass is 16.5. The molecule has 0 saturated carbocycles. The maximum atomic E-state index is 5.37. The minimum Gasteiger partial charge on any atom is -0.494 e. The number of nitrogens with zero attached hydrogens (tertiary/aromatic N) is 1. The van der Waals surface area contributed by atoms with Gasteiger partial charge in [0.05, 0.1) is 18.8 Å². The lowest BCUT2D eigenvalue weighted by atomic mass is 10.3. The highest BCUT2D eigenvalue weighted by Gasteiger charge is 1.96. The number of hydrogen-bond donors (Lipinski definition) is 2. The summed E-state index contributed by atoms with van der Waals surface area (Å²) >= 11 is 0. The molecule has 0 fully saturated rings. The Kier molecular flexibility index (Phi) is 3.43. The molecule has 2 aromatic rings. The Balaban J connectivity index is 1.90. The molecule has 4 nitrogen and oxygen atoms in total. The van der Waals surface area contributed by atoms with Gasteiger partial charge in [-0.15, -0.1) is 0 Å². The van der Waals surface area contributed by atoms with Crippen LogP contribution >= 0.6 is 0 Å². The number of nitrogens with one attached hydrogen (secondary N) is 2. The molecule has 0 spiro atoms. The number of aromatic amines is 1.